The maximum atomic E-state index is 12.7. The highest BCUT2D eigenvalue weighted by Crippen LogP contribution is 2.31. The normalized spacial score (nSPS) is 17.0. The van der Waals surface area contributed by atoms with Crippen molar-refractivity contribution in [3.8, 4) is 11.5 Å². The van der Waals surface area contributed by atoms with Crippen LogP contribution in [0.1, 0.15) is 58.4 Å². The van der Waals surface area contributed by atoms with E-state index in [1.54, 1.807) is 21.3 Å². The van der Waals surface area contributed by atoms with E-state index in [1.807, 2.05) is 19.1 Å². The number of halogens is 2. The number of amides is 1. The van der Waals surface area contributed by atoms with Gasteiger partial charge in [0.05, 0.1) is 25.9 Å². The Hall–Kier alpha value is -1.33. The van der Waals surface area contributed by atoms with E-state index < -0.39 is 12.1 Å². The lowest BCUT2D eigenvalue weighted by molar-refractivity contribution is -0.125. The summed E-state index contributed by atoms with van der Waals surface area (Å²) in [7, 11) is 5.09. The Balaban J connectivity index is 0.00000840. The number of hydrogen-bond donors (Lipinski definition) is 3. The summed E-state index contributed by atoms with van der Waals surface area (Å²) in [5.41, 5.74) is 7.63. The maximum Gasteiger partial charge on any atom is 0.222 e. The summed E-state index contributed by atoms with van der Waals surface area (Å²) in [5.74, 6) is 1.73. The number of methoxy groups -OCH3 is 3. The first-order chi connectivity index (χ1) is 19.2. The lowest BCUT2D eigenvalue weighted by Crippen LogP contribution is -2.43. The molecule has 1 aromatic rings. The van der Waals surface area contributed by atoms with Crippen LogP contribution in [-0.2, 0) is 20.7 Å². The van der Waals surface area contributed by atoms with Gasteiger partial charge in [0.2, 0.25) is 5.91 Å². The average Bonchev–Trinajstić information content (AvgIpc) is 2.95. The highest BCUT2D eigenvalue weighted by Gasteiger charge is 2.26. The first-order valence-corrected chi connectivity index (χ1v) is 14.9. The molecule has 1 saturated heterocycles. The largest absolute Gasteiger partial charge is 0.493 e. The lowest BCUT2D eigenvalue weighted by Gasteiger charge is -2.31. The fourth-order valence-corrected chi connectivity index (χ4v) is 5.27. The Bertz CT molecular complexity index is 858. The number of rotatable bonds is 19. The van der Waals surface area contributed by atoms with Gasteiger partial charge in [0.15, 0.2) is 11.5 Å². The van der Waals surface area contributed by atoms with Crippen molar-refractivity contribution >= 4 is 30.7 Å². The number of aliphatic hydroxyl groups is 1. The highest BCUT2D eigenvalue weighted by atomic mass is 35.5. The zero-order valence-electron chi connectivity index (χ0n) is 26.5. The van der Waals surface area contributed by atoms with Crippen LogP contribution in [0, 0.1) is 17.8 Å². The van der Waals surface area contributed by atoms with Gasteiger partial charge in [0.1, 0.15) is 0 Å². The molecule has 4 atom stereocenters. The number of ether oxygens (including phenoxy) is 4. The van der Waals surface area contributed by atoms with Crippen LogP contribution in [0.15, 0.2) is 18.2 Å². The van der Waals surface area contributed by atoms with Crippen molar-refractivity contribution in [2.24, 2.45) is 23.5 Å². The molecule has 42 heavy (non-hydrogen) atoms. The Morgan fingerprint density at radius 3 is 2.36 bits per heavy atom. The summed E-state index contributed by atoms with van der Waals surface area (Å²) < 4.78 is 22.0. The van der Waals surface area contributed by atoms with Gasteiger partial charge in [0.25, 0.3) is 0 Å². The van der Waals surface area contributed by atoms with Crippen LogP contribution in [0.3, 0.4) is 0 Å². The molecule has 4 unspecified atom stereocenters. The van der Waals surface area contributed by atoms with Crippen molar-refractivity contribution in [3.05, 3.63) is 23.8 Å². The molecule has 246 valence electrons. The standard InChI is InChI=1S/C31H55N3O6.2ClH/c1-22(2)25(19-24-8-9-29(39-6)30(20-24)40-17-7-16-37-4)21-27(32)28(35)18-23(3)31(36)33-12-15-34-13-10-26(38-5)11-14-34;;/h8-9,20,22-23,25-28,35H,7,10-19,21,32H2,1-6H3,(H,33,36);2*1H. The molecule has 0 radical (unpaired) electrons. The van der Waals surface area contributed by atoms with Crippen LogP contribution in [0.25, 0.3) is 0 Å². The molecule has 1 aromatic carbocycles. The van der Waals surface area contributed by atoms with E-state index in [1.165, 1.54) is 0 Å². The van der Waals surface area contributed by atoms with E-state index in [-0.39, 0.29) is 42.6 Å². The Labute approximate surface area is 266 Å². The van der Waals surface area contributed by atoms with Crippen molar-refractivity contribution in [3.63, 3.8) is 0 Å². The fraction of sp³-hybridized carbons (Fsp3) is 0.774. The third kappa shape index (κ3) is 14.4. The topological polar surface area (TPSA) is 116 Å². The summed E-state index contributed by atoms with van der Waals surface area (Å²) in [6.45, 7) is 10.9. The highest BCUT2D eigenvalue weighted by molar-refractivity contribution is 5.85. The molecule has 9 nitrogen and oxygen atoms in total. The van der Waals surface area contributed by atoms with Crippen molar-refractivity contribution in [2.45, 2.75) is 77.5 Å². The SMILES string of the molecule is COCCCOc1cc(CC(CC(N)C(O)CC(C)C(=O)NCCN2CCC(OC)CC2)C(C)C)ccc1OC.Cl.Cl. The number of piperidine rings is 1. The van der Waals surface area contributed by atoms with Crippen molar-refractivity contribution in [1.29, 1.82) is 0 Å². The van der Waals surface area contributed by atoms with Gasteiger partial charge in [0, 0.05) is 65.4 Å². The van der Waals surface area contributed by atoms with Crippen LogP contribution in [0.4, 0.5) is 0 Å². The molecular weight excluding hydrogens is 581 g/mol. The Morgan fingerprint density at radius 2 is 1.76 bits per heavy atom. The molecule has 11 heteroatoms. The number of nitrogens with zero attached hydrogens (tertiary/aromatic N) is 1. The summed E-state index contributed by atoms with van der Waals surface area (Å²) in [5, 5.41) is 13.9. The fourth-order valence-electron chi connectivity index (χ4n) is 5.27. The predicted molar refractivity (Wildman–Crippen MR) is 173 cm³/mol. The molecule has 0 bridgehead atoms. The minimum atomic E-state index is -0.745. The molecule has 0 saturated carbocycles. The number of likely N-dealkylation sites (tertiary alicyclic amines) is 1. The van der Waals surface area contributed by atoms with Crippen molar-refractivity contribution < 1.29 is 28.8 Å². The van der Waals surface area contributed by atoms with E-state index in [0.29, 0.717) is 50.4 Å². The monoisotopic (exact) mass is 637 g/mol. The van der Waals surface area contributed by atoms with Crippen molar-refractivity contribution in [1.82, 2.24) is 10.2 Å². The zero-order chi connectivity index (χ0) is 29.5. The quantitative estimate of drug-likeness (QED) is 0.194. The number of carbonyl (C=O) groups excluding carboxylic acids is 1. The molecule has 0 aliphatic carbocycles. The molecule has 1 aliphatic heterocycles. The van der Waals surface area contributed by atoms with Gasteiger partial charge in [-0.25, -0.2) is 0 Å². The van der Waals surface area contributed by atoms with Crippen LogP contribution >= 0.6 is 24.8 Å². The first-order valence-electron chi connectivity index (χ1n) is 14.9. The summed E-state index contributed by atoms with van der Waals surface area (Å²) in [4.78, 5) is 15.0. The van der Waals surface area contributed by atoms with Crippen LogP contribution in [0.2, 0.25) is 0 Å². The Kier molecular flexibility index (Phi) is 21.5. The molecular formula is C31H57Cl2N3O6. The van der Waals surface area contributed by atoms with Gasteiger partial charge in [-0.1, -0.05) is 26.8 Å². The smallest absolute Gasteiger partial charge is 0.222 e. The van der Waals surface area contributed by atoms with Gasteiger partial charge < -0.3 is 40.0 Å². The molecule has 0 spiro atoms. The number of hydrogen-bond acceptors (Lipinski definition) is 8. The van der Waals surface area contributed by atoms with Crippen LogP contribution in [0.5, 0.6) is 11.5 Å². The third-order valence-electron chi connectivity index (χ3n) is 8.13. The number of aliphatic hydroxyl groups excluding tert-OH is 1. The number of benzene rings is 1. The van der Waals surface area contributed by atoms with Crippen LogP contribution < -0.4 is 20.5 Å². The molecule has 1 fully saturated rings. The third-order valence-corrected chi connectivity index (χ3v) is 8.13. The molecule has 1 amide bonds. The maximum absolute atomic E-state index is 12.7. The minimum absolute atomic E-state index is 0. The Morgan fingerprint density at radius 1 is 1.07 bits per heavy atom. The molecule has 1 aliphatic rings. The summed E-state index contributed by atoms with van der Waals surface area (Å²) in [6, 6.07) is 5.63. The van der Waals surface area contributed by atoms with E-state index in [0.717, 1.165) is 56.6 Å². The van der Waals surface area contributed by atoms with Gasteiger partial charge in [-0.3, -0.25) is 4.79 Å². The van der Waals surface area contributed by atoms with Gasteiger partial charge in [-0.05, 0) is 61.6 Å². The molecule has 2 rings (SSSR count). The molecule has 0 aromatic heterocycles. The average molecular weight is 639 g/mol. The summed E-state index contributed by atoms with van der Waals surface area (Å²) in [6.07, 6.45) is 4.30. The van der Waals surface area contributed by atoms with Gasteiger partial charge >= 0.3 is 0 Å². The van der Waals surface area contributed by atoms with Crippen LogP contribution in [-0.4, -0.2) is 94.9 Å². The van der Waals surface area contributed by atoms with Crippen molar-refractivity contribution in [2.75, 3.05) is 60.7 Å². The first kappa shape index (κ1) is 40.7. The lowest BCUT2D eigenvalue weighted by atomic mass is 9.82. The second-order valence-corrected chi connectivity index (χ2v) is 11.6. The number of carbonyl (C=O) groups is 1. The predicted octanol–water partition coefficient (Wildman–Crippen LogP) is 4.10. The molecule has 4 N–H and O–H groups in total. The van der Waals surface area contributed by atoms with Gasteiger partial charge in [-0.15, -0.1) is 24.8 Å². The molecule has 1 heterocycles. The summed E-state index contributed by atoms with van der Waals surface area (Å²) >= 11 is 0. The minimum Gasteiger partial charge on any atom is -0.493 e. The van der Waals surface area contributed by atoms with Gasteiger partial charge in [-0.2, -0.15) is 0 Å². The number of nitrogens with two attached hydrogens (primary N) is 1. The van der Waals surface area contributed by atoms with E-state index in [4.69, 9.17) is 24.7 Å². The van der Waals surface area contributed by atoms with E-state index >= 15 is 0 Å². The number of nitrogens with one attached hydrogen (secondary N) is 1. The van der Waals surface area contributed by atoms with E-state index in [2.05, 4.69) is 30.1 Å². The van der Waals surface area contributed by atoms with E-state index in [9.17, 15) is 9.90 Å². The second-order valence-electron chi connectivity index (χ2n) is 11.6. The zero-order valence-corrected chi connectivity index (χ0v) is 28.1. The second kappa shape index (κ2) is 22.2.